The van der Waals surface area contributed by atoms with Crippen LogP contribution in [0.1, 0.15) is 98.8 Å². The van der Waals surface area contributed by atoms with Gasteiger partial charge in [-0.2, -0.15) is 21.6 Å². The van der Waals surface area contributed by atoms with Crippen molar-refractivity contribution in [2.75, 3.05) is 0 Å². The molecule has 0 aromatic rings. The summed E-state index contributed by atoms with van der Waals surface area (Å²) in [5, 5.41) is 0. The monoisotopic (exact) mass is 517 g/mol. The quantitative estimate of drug-likeness (QED) is 0.319. The smallest absolute Gasteiger partial charge is 0.380 e. The van der Waals surface area contributed by atoms with Gasteiger partial charge < -0.3 is 9.92 Å². The largest absolute Gasteiger partial charge is 0.534 e. The van der Waals surface area contributed by atoms with E-state index >= 15 is 0 Å². The molecule has 0 heterocycles. The van der Waals surface area contributed by atoms with Gasteiger partial charge in [0.1, 0.15) is 5.76 Å². The summed E-state index contributed by atoms with van der Waals surface area (Å²) in [4.78, 5) is 0. The first kappa shape index (κ1) is 25.9. The number of nitrogens with two attached hydrogens (primary N) is 1. The summed E-state index contributed by atoms with van der Waals surface area (Å²) in [5.74, 6) is 1.67. The molecule has 0 saturated heterocycles. The first-order valence-corrected chi connectivity index (χ1v) is 14.8. The molecule has 4 saturated carbocycles. The molecular formula is C27H42F3NO3S. The maximum Gasteiger partial charge on any atom is 0.534 e. The van der Waals surface area contributed by atoms with Crippen LogP contribution < -0.4 is 5.73 Å². The number of allylic oxidation sites excluding steroid dienone is 2. The van der Waals surface area contributed by atoms with Crippen LogP contribution >= 0.6 is 0 Å². The standard InChI is InChI=1S/C27H42F3NO3S/c1-22(2)19-10-14-25(5)20(23(19,3)13-11-21(22)34-35(32,33)27(28,29)30)9-8-17-18-7-6-12-26(18,31)16-15-24(17,25)4/h11,17-20H,6-10,12-16,31H2,1-5H3/t17?,18-,19?,20?,23?,24-,25?,26?/m1/s1. The minimum atomic E-state index is -5.68. The normalized spacial score (nSPS) is 49.2. The number of fused-ring (bicyclic) bond motifs is 7. The summed E-state index contributed by atoms with van der Waals surface area (Å²) in [5.41, 5.74) is 0.942. The first-order valence-electron chi connectivity index (χ1n) is 13.4. The van der Waals surface area contributed by atoms with Crippen LogP contribution in [0.25, 0.3) is 0 Å². The highest BCUT2D eigenvalue weighted by Gasteiger charge is 2.69. The van der Waals surface area contributed by atoms with Crippen LogP contribution in [0.5, 0.6) is 0 Å². The van der Waals surface area contributed by atoms with Crippen molar-refractivity contribution >= 4 is 10.1 Å². The third kappa shape index (κ3) is 3.29. The molecule has 8 heteroatoms. The topological polar surface area (TPSA) is 69.4 Å². The van der Waals surface area contributed by atoms with E-state index in [1.807, 2.05) is 13.8 Å². The molecule has 0 aliphatic heterocycles. The molecule has 0 amide bonds. The highest BCUT2D eigenvalue weighted by atomic mass is 32.2. The van der Waals surface area contributed by atoms with Gasteiger partial charge in [0.15, 0.2) is 0 Å². The Morgan fingerprint density at radius 2 is 1.57 bits per heavy atom. The SMILES string of the molecule is CC1(C)C(OS(=O)(=O)C(F)(F)F)=CCC2(C)C1CCC1(C)C2CCC2[C@H]3CCCC3(N)CC[C@]21C. The molecule has 6 unspecified atom stereocenters. The number of hydrogen-bond acceptors (Lipinski definition) is 4. The molecule has 0 aromatic carbocycles. The van der Waals surface area contributed by atoms with Crippen LogP contribution in [0.4, 0.5) is 13.2 Å². The fraction of sp³-hybridized carbons (Fsp3) is 0.926. The molecule has 200 valence electrons. The van der Waals surface area contributed by atoms with E-state index in [-0.39, 0.29) is 33.5 Å². The zero-order chi connectivity index (χ0) is 25.9. The molecular weight excluding hydrogens is 475 g/mol. The Morgan fingerprint density at radius 3 is 2.23 bits per heavy atom. The Balaban J connectivity index is 1.49. The second-order valence-corrected chi connectivity index (χ2v) is 15.4. The van der Waals surface area contributed by atoms with E-state index in [1.165, 1.54) is 19.3 Å². The van der Waals surface area contributed by atoms with Crippen molar-refractivity contribution in [2.45, 2.75) is 110 Å². The van der Waals surface area contributed by atoms with Gasteiger partial charge in [-0.05, 0) is 104 Å². The Kier molecular flexibility index (Phi) is 5.48. The Morgan fingerprint density at radius 1 is 0.886 bits per heavy atom. The Bertz CT molecular complexity index is 1040. The maximum absolute atomic E-state index is 13.1. The van der Waals surface area contributed by atoms with Crippen molar-refractivity contribution in [1.29, 1.82) is 0 Å². The van der Waals surface area contributed by atoms with Crippen LogP contribution in [0.3, 0.4) is 0 Å². The number of alkyl halides is 3. The minimum absolute atomic E-state index is 0.000258. The zero-order valence-corrected chi connectivity index (χ0v) is 22.6. The van der Waals surface area contributed by atoms with Crippen LogP contribution in [0, 0.1) is 45.3 Å². The Labute approximate surface area is 208 Å². The molecule has 5 rings (SSSR count). The summed E-state index contributed by atoms with van der Waals surface area (Å²) in [6.45, 7) is 11.0. The van der Waals surface area contributed by atoms with E-state index in [0.29, 0.717) is 24.2 Å². The van der Waals surface area contributed by atoms with Gasteiger partial charge in [0.25, 0.3) is 0 Å². The molecule has 2 N–H and O–H groups in total. The van der Waals surface area contributed by atoms with Crippen molar-refractivity contribution in [2.24, 2.45) is 51.1 Å². The van der Waals surface area contributed by atoms with Gasteiger partial charge in [-0.25, -0.2) is 0 Å². The fourth-order valence-electron chi connectivity index (χ4n) is 10.5. The van der Waals surface area contributed by atoms with Gasteiger partial charge >= 0.3 is 15.6 Å². The molecule has 5 aliphatic rings. The average Bonchev–Trinajstić information content (AvgIpc) is 3.12. The highest BCUT2D eigenvalue weighted by Crippen LogP contribution is 2.75. The van der Waals surface area contributed by atoms with Crippen LogP contribution in [0.2, 0.25) is 0 Å². The molecule has 35 heavy (non-hydrogen) atoms. The predicted molar refractivity (Wildman–Crippen MR) is 129 cm³/mol. The maximum atomic E-state index is 13.1. The summed E-state index contributed by atoms with van der Waals surface area (Å²) in [6, 6.07) is 0. The van der Waals surface area contributed by atoms with Gasteiger partial charge in [0.2, 0.25) is 0 Å². The first-order chi connectivity index (χ1) is 15.9. The minimum Gasteiger partial charge on any atom is -0.380 e. The van der Waals surface area contributed by atoms with Crippen molar-refractivity contribution < 1.29 is 25.8 Å². The summed E-state index contributed by atoms with van der Waals surface area (Å²) in [7, 11) is -5.68. The lowest BCUT2D eigenvalue weighted by atomic mass is 9.33. The van der Waals surface area contributed by atoms with Crippen molar-refractivity contribution in [3.05, 3.63) is 11.8 Å². The van der Waals surface area contributed by atoms with Crippen LogP contribution in [0.15, 0.2) is 11.8 Å². The lowest BCUT2D eigenvalue weighted by Crippen LogP contribution is -2.66. The molecule has 0 radical (unpaired) electrons. The summed E-state index contributed by atoms with van der Waals surface area (Å²) in [6.07, 6.45) is 12.2. The van der Waals surface area contributed by atoms with Crippen molar-refractivity contribution in [3.8, 4) is 0 Å². The van der Waals surface area contributed by atoms with E-state index in [9.17, 15) is 21.6 Å². The number of rotatable bonds is 2. The van der Waals surface area contributed by atoms with Gasteiger partial charge in [-0.3, -0.25) is 0 Å². The van der Waals surface area contributed by atoms with Crippen LogP contribution in [-0.4, -0.2) is 19.5 Å². The lowest BCUT2D eigenvalue weighted by molar-refractivity contribution is -0.218. The lowest BCUT2D eigenvalue weighted by Gasteiger charge is -2.71. The van der Waals surface area contributed by atoms with E-state index in [4.69, 9.17) is 9.92 Å². The molecule has 8 atom stereocenters. The van der Waals surface area contributed by atoms with Gasteiger partial charge in [-0.1, -0.05) is 41.0 Å². The summed E-state index contributed by atoms with van der Waals surface area (Å²) < 4.78 is 67.7. The number of halogens is 3. The van der Waals surface area contributed by atoms with Gasteiger partial charge in [0.05, 0.1) is 0 Å². The van der Waals surface area contributed by atoms with Gasteiger partial charge in [-0.15, -0.1) is 0 Å². The van der Waals surface area contributed by atoms with Gasteiger partial charge in [0, 0.05) is 11.0 Å². The fourth-order valence-corrected chi connectivity index (χ4v) is 11.1. The third-order valence-corrected chi connectivity index (χ3v) is 13.4. The molecule has 0 aromatic heterocycles. The molecule has 0 bridgehead atoms. The molecule has 4 fully saturated rings. The predicted octanol–water partition coefficient (Wildman–Crippen LogP) is 6.91. The second-order valence-electron chi connectivity index (χ2n) is 13.9. The van der Waals surface area contributed by atoms with E-state index in [1.54, 1.807) is 6.08 Å². The average molecular weight is 518 g/mol. The Hall–Kier alpha value is -0.760. The van der Waals surface area contributed by atoms with Crippen molar-refractivity contribution in [3.63, 3.8) is 0 Å². The third-order valence-electron chi connectivity index (χ3n) is 12.4. The molecule has 5 aliphatic carbocycles. The van der Waals surface area contributed by atoms with E-state index in [2.05, 4.69) is 20.8 Å². The zero-order valence-electron chi connectivity index (χ0n) is 21.8. The number of hydrogen-bond donors (Lipinski definition) is 1. The van der Waals surface area contributed by atoms with E-state index < -0.39 is 21.0 Å². The summed E-state index contributed by atoms with van der Waals surface area (Å²) >= 11 is 0. The van der Waals surface area contributed by atoms with Crippen molar-refractivity contribution in [1.82, 2.24) is 0 Å². The van der Waals surface area contributed by atoms with E-state index in [0.717, 1.165) is 38.5 Å². The molecule has 0 spiro atoms. The van der Waals surface area contributed by atoms with Crippen LogP contribution in [-0.2, 0) is 14.3 Å². The second kappa shape index (κ2) is 7.42. The molecule has 4 nitrogen and oxygen atoms in total. The highest BCUT2D eigenvalue weighted by molar-refractivity contribution is 7.87.